The van der Waals surface area contributed by atoms with Crippen molar-refractivity contribution in [3.8, 4) is 5.75 Å². The number of ether oxygens (including phenoxy) is 1. The topological polar surface area (TPSA) is 82.5 Å². The molecule has 0 amide bonds. The normalized spacial score (nSPS) is 14.7. The molecule has 1 heterocycles. The standard InChI is InChI=1S/C34H36ClNO4S.Na/c1-34(2,39)30-9-4-3-6-23(30)14-17-32(41-21-29(33(37)38)22-10-11-22)25-7-5-8-28(18-25)40-20-27-16-13-24-12-15-26(35)19-31(24)36-27;/h3-9,12-13,15-16,18-19,22,29,32,39H,10-11,14,17,20-21H2,1-2H3,(H,37,38);/q;+1/p-1/t29?,32-;/m0./s1. The van der Waals surface area contributed by atoms with Crippen molar-refractivity contribution in [3.05, 3.63) is 106 Å². The number of benzene rings is 3. The average molecular weight is 612 g/mol. The molecule has 3 aromatic carbocycles. The zero-order chi connectivity index (χ0) is 29.0. The molecule has 1 N–H and O–H groups in total. The Kier molecular flexibility index (Phi) is 11.4. The van der Waals surface area contributed by atoms with E-state index in [0.717, 1.165) is 64.7 Å². The van der Waals surface area contributed by atoms with Crippen LogP contribution in [0.15, 0.2) is 78.9 Å². The van der Waals surface area contributed by atoms with Crippen LogP contribution in [0.2, 0.25) is 5.02 Å². The second-order valence-corrected chi connectivity index (χ2v) is 13.0. The van der Waals surface area contributed by atoms with Crippen LogP contribution in [0.1, 0.15) is 60.7 Å². The predicted molar refractivity (Wildman–Crippen MR) is 164 cm³/mol. The molecular weight excluding hydrogens is 577 g/mol. The number of carboxylic acid groups (broad SMARTS) is 1. The number of carboxylic acids is 1. The third-order valence-electron chi connectivity index (χ3n) is 7.65. The summed E-state index contributed by atoms with van der Waals surface area (Å²) in [5.41, 5.74) is 3.78. The maximum Gasteiger partial charge on any atom is 1.00 e. The summed E-state index contributed by atoms with van der Waals surface area (Å²) in [5, 5.41) is 24.3. The smallest absolute Gasteiger partial charge is 0.550 e. The zero-order valence-corrected chi connectivity index (χ0v) is 28.0. The van der Waals surface area contributed by atoms with Gasteiger partial charge in [-0.25, -0.2) is 4.98 Å². The number of rotatable bonds is 13. The van der Waals surface area contributed by atoms with E-state index in [0.29, 0.717) is 17.4 Å². The summed E-state index contributed by atoms with van der Waals surface area (Å²) in [6, 6.07) is 25.6. The van der Waals surface area contributed by atoms with Gasteiger partial charge in [-0.1, -0.05) is 60.1 Å². The van der Waals surface area contributed by atoms with Gasteiger partial charge in [0, 0.05) is 33.3 Å². The molecule has 0 spiro atoms. The van der Waals surface area contributed by atoms with Gasteiger partial charge in [-0.3, -0.25) is 0 Å². The number of hydrogen-bond acceptors (Lipinski definition) is 6. The van der Waals surface area contributed by atoms with Gasteiger partial charge in [0.1, 0.15) is 12.4 Å². The summed E-state index contributed by atoms with van der Waals surface area (Å²) in [6.07, 6.45) is 3.47. The number of aliphatic hydroxyl groups is 1. The van der Waals surface area contributed by atoms with Gasteiger partial charge in [0.2, 0.25) is 0 Å². The van der Waals surface area contributed by atoms with E-state index in [4.69, 9.17) is 21.3 Å². The minimum Gasteiger partial charge on any atom is -0.550 e. The number of halogens is 1. The van der Waals surface area contributed by atoms with Gasteiger partial charge < -0.3 is 19.7 Å². The van der Waals surface area contributed by atoms with Crippen molar-refractivity contribution < 1.29 is 49.3 Å². The average Bonchev–Trinajstić information content (AvgIpc) is 3.78. The molecule has 0 radical (unpaired) electrons. The first kappa shape index (κ1) is 32.8. The molecule has 0 saturated heterocycles. The van der Waals surface area contributed by atoms with E-state index in [1.807, 2.05) is 66.7 Å². The van der Waals surface area contributed by atoms with E-state index in [1.54, 1.807) is 25.6 Å². The number of pyridine rings is 1. The summed E-state index contributed by atoms with van der Waals surface area (Å²) in [4.78, 5) is 16.5. The number of fused-ring (bicyclic) bond motifs is 1. The first-order valence-corrected chi connectivity index (χ1v) is 15.5. The molecule has 5 nitrogen and oxygen atoms in total. The number of aliphatic carboxylic acids is 1. The van der Waals surface area contributed by atoms with Crippen LogP contribution in [0.3, 0.4) is 0 Å². The van der Waals surface area contributed by atoms with Crippen molar-refractivity contribution in [1.29, 1.82) is 0 Å². The quantitative estimate of drug-likeness (QED) is 0.231. The molecule has 0 aliphatic heterocycles. The van der Waals surface area contributed by atoms with E-state index in [-0.39, 0.29) is 40.7 Å². The van der Waals surface area contributed by atoms with Gasteiger partial charge in [-0.2, -0.15) is 11.8 Å². The molecule has 1 fully saturated rings. The molecule has 1 unspecified atom stereocenters. The maximum atomic E-state index is 11.9. The number of carbonyl (C=O) groups excluding carboxylic acids is 1. The number of aryl methyl sites for hydroxylation is 1. The Balaban J connectivity index is 0.00000405. The van der Waals surface area contributed by atoms with Crippen LogP contribution in [0.25, 0.3) is 10.9 Å². The minimum absolute atomic E-state index is 0. The summed E-state index contributed by atoms with van der Waals surface area (Å²) in [6.45, 7) is 3.92. The van der Waals surface area contributed by atoms with Crippen LogP contribution in [0.4, 0.5) is 0 Å². The summed E-state index contributed by atoms with van der Waals surface area (Å²) < 4.78 is 6.16. The molecule has 214 valence electrons. The van der Waals surface area contributed by atoms with Crippen LogP contribution in [-0.2, 0) is 23.4 Å². The number of thioether (sulfide) groups is 1. The Hall–Kier alpha value is -2.06. The number of aromatic nitrogens is 1. The Labute approximate surface area is 279 Å². The van der Waals surface area contributed by atoms with Crippen molar-refractivity contribution in [3.63, 3.8) is 0 Å². The second-order valence-electron chi connectivity index (χ2n) is 11.3. The van der Waals surface area contributed by atoms with Crippen molar-refractivity contribution >= 4 is 40.2 Å². The monoisotopic (exact) mass is 611 g/mol. The fourth-order valence-electron chi connectivity index (χ4n) is 5.26. The van der Waals surface area contributed by atoms with Crippen LogP contribution < -0.4 is 39.4 Å². The van der Waals surface area contributed by atoms with Gasteiger partial charge in [0.15, 0.2) is 0 Å². The summed E-state index contributed by atoms with van der Waals surface area (Å²) in [7, 11) is 0. The molecule has 5 rings (SSSR count). The zero-order valence-electron chi connectivity index (χ0n) is 24.4. The van der Waals surface area contributed by atoms with Crippen molar-refractivity contribution in [2.75, 3.05) is 5.75 Å². The molecule has 1 aliphatic rings. The number of carbonyl (C=O) groups is 1. The van der Waals surface area contributed by atoms with Crippen molar-refractivity contribution in [1.82, 2.24) is 4.98 Å². The predicted octanol–water partition coefficient (Wildman–Crippen LogP) is 3.88. The summed E-state index contributed by atoms with van der Waals surface area (Å²) in [5.74, 6) is 0.0876. The fourth-order valence-corrected chi connectivity index (χ4v) is 6.90. The van der Waals surface area contributed by atoms with E-state index in [2.05, 4.69) is 12.1 Å². The number of hydrogen-bond donors (Lipinski definition) is 1. The maximum absolute atomic E-state index is 11.9. The third-order valence-corrected chi connectivity index (χ3v) is 9.35. The van der Waals surface area contributed by atoms with E-state index >= 15 is 0 Å². The molecule has 1 saturated carbocycles. The summed E-state index contributed by atoms with van der Waals surface area (Å²) >= 11 is 7.82. The molecule has 4 aromatic rings. The van der Waals surface area contributed by atoms with E-state index < -0.39 is 17.5 Å². The van der Waals surface area contributed by atoms with Crippen molar-refractivity contribution in [2.45, 2.75) is 57.0 Å². The molecule has 42 heavy (non-hydrogen) atoms. The first-order valence-electron chi connectivity index (χ1n) is 14.1. The molecule has 8 heteroatoms. The Morgan fingerprint density at radius 2 is 1.86 bits per heavy atom. The molecule has 0 bridgehead atoms. The van der Waals surface area contributed by atoms with Gasteiger partial charge in [0.05, 0.1) is 16.8 Å². The van der Waals surface area contributed by atoms with Crippen LogP contribution >= 0.6 is 23.4 Å². The van der Waals surface area contributed by atoms with Crippen LogP contribution in [0, 0.1) is 11.8 Å². The minimum atomic E-state index is -0.951. The number of nitrogens with zero attached hydrogens (tertiary/aromatic N) is 1. The van der Waals surface area contributed by atoms with E-state index in [1.165, 1.54) is 0 Å². The first-order chi connectivity index (χ1) is 19.7. The van der Waals surface area contributed by atoms with Gasteiger partial charge in [-0.05, 0) is 92.5 Å². The SMILES string of the molecule is CC(C)(O)c1ccccc1CC[C@H](SCC(C(=O)[O-])C1CC1)c1cccc(OCc2ccc3ccc(Cl)cc3n2)c1.[Na+]. The molecule has 1 aliphatic carbocycles. The van der Waals surface area contributed by atoms with Gasteiger partial charge in [-0.15, -0.1) is 0 Å². The van der Waals surface area contributed by atoms with Crippen LogP contribution in [-0.4, -0.2) is 21.8 Å². The third kappa shape index (κ3) is 8.75. The fraction of sp³-hybridized carbons (Fsp3) is 0.353. The van der Waals surface area contributed by atoms with Gasteiger partial charge in [0.25, 0.3) is 0 Å². The molecule has 1 aromatic heterocycles. The molecular formula is C34H35ClNNaO4S. The van der Waals surface area contributed by atoms with Crippen molar-refractivity contribution in [2.24, 2.45) is 11.8 Å². The Morgan fingerprint density at radius 3 is 2.60 bits per heavy atom. The molecule has 2 atom stereocenters. The van der Waals surface area contributed by atoms with E-state index in [9.17, 15) is 15.0 Å². The second kappa shape index (κ2) is 14.6. The van der Waals surface area contributed by atoms with Gasteiger partial charge >= 0.3 is 29.6 Å². The van der Waals surface area contributed by atoms with Crippen LogP contribution in [0.5, 0.6) is 5.75 Å². The largest absolute Gasteiger partial charge is 1.00 e. The Bertz CT molecular complexity index is 1520. The Morgan fingerprint density at radius 1 is 1.10 bits per heavy atom.